The van der Waals surface area contributed by atoms with Crippen LogP contribution in [-0.2, 0) is 9.47 Å². The Morgan fingerprint density at radius 3 is 2.88 bits per heavy atom. The fraction of sp³-hybridized carbons (Fsp3) is 1.00. The summed E-state index contributed by atoms with van der Waals surface area (Å²) in [5, 5.41) is 3.37. The summed E-state index contributed by atoms with van der Waals surface area (Å²) < 4.78 is 33.9. The molecule has 2 unspecified atom stereocenters. The van der Waals surface area contributed by atoms with Gasteiger partial charge in [-0.25, -0.2) is 8.78 Å². The average Bonchev–Trinajstić information content (AvgIpc) is 2.75. The Morgan fingerprint density at radius 1 is 1.50 bits per heavy atom. The predicted molar refractivity (Wildman–Crippen MR) is 57.8 cm³/mol. The SMILES string of the molecule is CCNC(CCOCC(F)F)C1CCOC1. The van der Waals surface area contributed by atoms with Gasteiger partial charge in [0, 0.05) is 19.3 Å². The van der Waals surface area contributed by atoms with Gasteiger partial charge in [0.2, 0.25) is 0 Å². The Balaban J connectivity index is 2.17. The number of ether oxygens (including phenoxy) is 2. The molecule has 1 saturated heterocycles. The smallest absolute Gasteiger partial charge is 0.261 e. The van der Waals surface area contributed by atoms with Crippen molar-refractivity contribution in [3.8, 4) is 0 Å². The number of rotatable bonds is 8. The van der Waals surface area contributed by atoms with Crippen LogP contribution in [0.4, 0.5) is 8.78 Å². The highest BCUT2D eigenvalue weighted by Crippen LogP contribution is 2.19. The second kappa shape index (κ2) is 7.92. The minimum Gasteiger partial charge on any atom is -0.381 e. The van der Waals surface area contributed by atoms with Crippen molar-refractivity contribution in [3.63, 3.8) is 0 Å². The maximum Gasteiger partial charge on any atom is 0.261 e. The quantitative estimate of drug-likeness (QED) is 0.651. The van der Waals surface area contributed by atoms with Crippen molar-refractivity contribution in [2.45, 2.75) is 32.2 Å². The van der Waals surface area contributed by atoms with E-state index in [4.69, 9.17) is 9.47 Å². The lowest BCUT2D eigenvalue weighted by Crippen LogP contribution is -2.37. The maximum absolute atomic E-state index is 11.8. The van der Waals surface area contributed by atoms with Crippen molar-refractivity contribution in [2.24, 2.45) is 5.92 Å². The normalized spacial score (nSPS) is 22.9. The number of nitrogens with one attached hydrogen (secondary N) is 1. The summed E-state index contributed by atoms with van der Waals surface area (Å²) in [5.41, 5.74) is 0. The van der Waals surface area contributed by atoms with Crippen molar-refractivity contribution in [3.05, 3.63) is 0 Å². The zero-order chi connectivity index (χ0) is 11.8. The minimum atomic E-state index is -2.37. The van der Waals surface area contributed by atoms with Gasteiger partial charge in [-0.1, -0.05) is 6.92 Å². The van der Waals surface area contributed by atoms with Crippen LogP contribution >= 0.6 is 0 Å². The highest BCUT2D eigenvalue weighted by molar-refractivity contribution is 4.78. The number of hydrogen-bond donors (Lipinski definition) is 1. The van der Waals surface area contributed by atoms with Crippen LogP contribution in [-0.4, -0.2) is 45.4 Å². The molecule has 1 fully saturated rings. The molecular weight excluding hydrogens is 216 g/mol. The van der Waals surface area contributed by atoms with Crippen molar-refractivity contribution in [1.82, 2.24) is 5.32 Å². The predicted octanol–water partition coefficient (Wildman–Crippen LogP) is 1.67. The Kier molecular flexibility index (Phi) is 6.84. The van der Waals surface area contributed by atoms with E-state index in [0.717, 1.165) is 32.6 Å². The molecule has 0 bridgehead atoms. The molecule has 1 N–H and O–H groups in total. The van der Waals surface area contributed by atoms with Gasteiger partial charge in [-0.05, 0) is 25.3 Å². The topological polar surface area (TPSA) is 30.5 Å². The Labute approximate surface area is 95.5 Å². The molecule has 0 aromatic rings. The van der Waals surface area contributed by atoms with Crippen molar-refractivity contribution in [2.75, 3.05) is 33.0 Å². The van der Waals surface area contributed by atoms with Gasteiger partial charge in [0.05, 0.1) is 6.61 Å². The van der Waals surface area contributed by atoms with Gasteiger partial charge in [-0.3, -0.25) is 0 Å². The van der Waals surface area contributed by atoms with Crippen molar-refractivity contribution >= 4 is 0 Å². The summed E-state index contributed by atoms with van der Waals surface area (Å²) in [7, 11) is 0. The van der Waals surface area contributed by atoms with Gasteiger partial charge in [0.25, 0.3) is 6.43 Å². The zero-order valence-corrected chi connectivity index (χ0v) is 9.75. The van der Waals surface area contributed by atoms with E-state index >= 15 is 0 Å². The molecule has 0 spiro atoms. The standard InChI is InChI=1S/C11H21F2NO2/c1-2-14-10(9-3-5-15-7-9)4-6-16-8-11(12)13/h9-11,14H,2-8H2,1H3. The number of hydrogen-bond acceptors (Lipinski definition) is 3. The molecule has 5 heteroatoms. The first-order valence-electron chi connectivity index (χ1n) is 5.91. The van der Waals surface area contributed by atoms with Crippen LogP contribution in [0.3, 0.4) is 0 Å². The Hall–Kier alpha value is -0.260. The molecule has 0 saturated carbocycles. The van der Waals surface area contributed by atoms with E-state index in [-0.39, 0.29) is 0 Å². The lowest BCUT2D eigenvalue weighted by Gasteiger charge is -2.23. The second-order valence-electron chi connectivity index (χ2n) is 4.04. The van der Waals surface area contributed by atoms with Crippen LogP contribution < -0.4 is 5.32 Å². The molecule has 1 heterocycles. The van der Waals surface area contributed by atoms with Crippen molar-refractivity contribution in [1.29, 1.82) is 0 Å². The van der Waals surface area contributed by atoms with Crippen LogP contribution in [0.15, 0.2) is 0 Å². The maximum atomic E-state index is 11.8. The van der Waals surface area contributed by atoms with Gasteiger partial charge in [0.15, 0.2) is 0 Å². The zero-order valence-electron chi connectivity index (χ0n) is 9.75. The summed E-state index contributed by atoms with van der Waals surface area (Å²) in [4.78, 5) is 0. The van der Waals surface area contributed by atoms with E-state index in [1.807, 2.05) is 6.92 Å². The van der Waals surface area contributed by atoms with E-state index in [2.05, 4.69) is 5.32 Å². The van der Waals surface area contributed by atoms with Gasteiger partial charge in [0.1, 0.15) is 6.61 Å². The first kappa shape index (κ1) is 13.8. The summed E-state index contributed by atoms with van der Waals surface area (Å²) >= 11 is 0. The average molecular weight is 237 g/mol. The van der Waals surface area contributed by atoms with Crippen molar-refractivity contribution < 1.29 is 18.3 Å². The lowest BCUT2D eigenvalue weighted by molar-refractivity contribution is 0.0126. The van der Waals surface area contributed by atoms with E-state index in [9.17, 15) is 8.78 Å². The molecule has 0 aliphatic carbocycles. The van der Waals surface area contributed by atoms with E-state index in [0.29, 0.717) is 18.6 Å². The van der Waals surface area contributed by atoms with E-state index in [1.54, 1.807) is 0 Å². The van der Waals surface area contributed by atoms with Crippen LogP contribution in [0, 0.1) is 5.92 Å². The number of alkyl halides is 2. The molecule has 0 aromatic carbocycles. The third kappa shape index (κ3) is 5.18. The molecule has 1 rings (SSSR count). The molecule has 0 amide bonds. The van der Waals surface area contributed by atoms with E-state index < -0.39 is 13.0 Å². The van der Waals surface area contributed by atoms with Crippen LogP contribution in [0.2, 0.25) is 0 Å². The number of halogens is 2. The third-order valence-corrected chi connectivity index (χ3v) is 2.82. The largest absolute Gasteiger partial charge is 0.381 e. The molecule has 1 aliphatic heterocycles. The molecule has 0 aromatic heterocycles. The first-order valence-corrected chi connectivity index (χ1v) is 5.91. The van der Waals surface area contributed by atoms with E-state index in [1.165, 1.54) is 0 Å². The molecule has 1 aliphatic rings. The van der Waals surface area contributed by atoms with Gasteiger partial charge in [-0.15, -0.1) is 0 Å². The molecular formula is C11H21F2NO2. The minimum absolute atomic E-state index is 0.324. The second-order valence-corrected chi connectivity index (χ2v) is 4.04. The molecule has 96 valence electrons. The fourth-order valence-electron chi connectivity index (χ4n) is 2.02. The van der Waals surface area contributed by atoms with Gasteiger partial charge in [-0.2, -0.15) is 0 Å². The summed E-state index contributed by atoms with van der Waals surface area (Å²) in [6.07, 6.45) is -0.548. The molecule has 2 atom stereocenters. The highest BCUT2D eigenvalue weighted by Gasteiger charge is 2.24. The highest BCUT2D eigenvalue weighted by atomic mass is 19.3. The molecule has 3 nitrogen and oxygen atoms in total. The van der Waals surface area contributed by atoms with Gasteiger partial charge < -0.3 is 14.8 Å². The third-order valence-electron chi connectivity index (χ3n) is 2.82. The Morgan fingerprint density at radius 2 is 2.31 bits per heavy atom. The fourth-order valence-corrected chi connectivity index (χ4v) is 2.02. The molecule has 16 heavy (non-hydrogen) atoms. The lowest BCUT2D eigenvalue weighted by atomic mass is 9.96. The summed E-state index contributed by atoms with van der Waals surface area (Å²) in [5.74, 6) is 0.495. The van der Waals surface area contributed by atoms with Gasteiger partial charge >= 0.3 is 0 Å². The monoisotopic (exact) mass is 237 g/mol. The van der Waals surface area contributed by atoms with Crippen LogP contribution in [0.1, 0.15) is 19.8 Å². The summed E-state index contributed by atoms with van der Waals surface area (Å²) in [6.45, 7) is 4.44. The summed E-state index contributed by atoms with van der Waals surface area (Å²) in [6, 6.07) is 0.324. The Bertz CT molecular complexity index is 175. The molecule has 0 radical (unpaired) electrons. The van der Waals surface area contributed by atoms with Crippen LogP contribution in [0.25, 0.3) is 0 Å². The first-order chi connectivity index (χ1) is 7.74. The van der Waals surface area contributed by atoms with Crippen LogP contribution in [0.5, 0.6) is 0 Å².